The maximum Gasteiger partial charge on any atom is 0.0586 e. The van der Waals surface area contributed by atoms with E-state index in [0.29, 0.717) is 4.08 Å². The van der Waals surface area contributed by atoms with Crippen molar-refractivity contribution >= 4 is 23.5 Å². The second-order valence-corrected chi connectivity index (χ2v) is 8.33. The van der Waals surface area contributed by atoms with Crippen molar-refractivity contribution < 1.29 is 0 Å². The van der Waals surface area contributed by atoms with Crippen LogP contribution in [0.3, 0.4) is 0 Å². The van der Waals surface area contributed by atoms with E-state index in [-0.39, 0.29) is 0 Å². The first-order chi connectivity index (χ1) is 8.29. The van der Waals surface area contributed by atoms with E-state index in [0.717, 1.165) is 0 Å². The van der Waals surface area contributed by atoms with Crippen LogP contribution in [0.5, 0.6) is 0 Å². The normalized spacial score (nSPS) is 20.5. The van der Waals surface area contributed by atoms with Crippen LogP contribution in [-0.4, -0.2) is 15.6 Å². The van der Waals surface area contributed by atoms with Gasteiger partial charge in [0.1, 0.15) is 0 Å². The van der Waals surface area contributed by atoms with Gasteiger partial charge in [-0.25, -0.2) is 0 Å². The van der Waals surface area contributed by atoms with Crippen LogP contribution in [0, 0.1) is 0 Å². The Balaban J connectivity index is 1.87. The molecular formula is C15H22S2. The third kappa shape index (κ3) is 4.59. The zero-order chi connectivity index (χ0) is 12.0. The highest BCUT2D eigenvalue weighted by Crippen LogP contribution is 2.43. The number of hydrogen-bond acceptors (Lipinski definition) is 2. The Bertz CT molecular complexity index is 313. The topological polar surface area (TPSA) is 0 Å². The van der Waals surface area contributed by atoms with E-state index in [1.165, 1.54) is 49.2 Å². The lowest BCUT2D eigenvalue weighted by Crippen LogP contribution is -2.19. The molecule has 0 saturated carbocycles. The van der Waals surface area contributed by atoms with Crippen molar-refractivity contribution in [1.82, 2.24) is 0 Å². The second kappa shape index (κ2) is 6.75. The summed E-state index contributed by atoms with van der Waals surface area (Å²) in [6, 6.07) is 10.9. The van der Waals surface area contributed by atoms with Crippen LogP contribution in [0.4, 0.5) is 0 Å². The average molecular weight is 266 g/mol. The molecule has 2 rings (SSSR count). The SMILES string of the molecule is CC1(CCc2ccccc2)SCCCCCS1. The number of benzene rings is 1. The highest BCUT2D eigenvalue weighted by Gasteiger charge is 2.25. The van der Waals surface area contributed by atoms with Crippen LogP contribution in [0.15, 0.2) is 30.3 Å². The second-order valence-electron chi connectivity index (χ2n) is 4.88. The molecular weight excluding hydrogens is 244 g/mol. The Morgan fingerprint density at radius 2 is 1.65 bits per heavy atom. The van der Waals surface area contributed by atoms with Gasteiger partial charge in [0.15, 0.2) is 0 Å². The van der Waals surface area contributed by atoms with E-state index in [9.17, 15) is 0 Å². The van der Waals surface area contributed by atoms with Crippen LogP contribution >= 0.6 is 23.5 Å². The highest BCUT2D eigenvalue weighted by atomic mass is 32.2. The van der Waals surface area contributed by atoms with Gasteiger partial charge in [-0.3, -0.25) is 0 Å². The molecule has 0 atom stereocenters. The Kier molecular flexibility index (Phi) is 5.30. The van der Waals surface area contributed by atoms with Crippen LogP contribution in [0.1, 0.15) is 38.2 Å². The van der Waals surface area contributed by atoms with Gasteiger partial charge in [0, 0.05) is 0 Å². The molecule has 1 saturated heterocycles. The molecule has 1 aromatic rings. The fraction of sp³-hybridized carbons (Fsp3) is 0.600. The molecule has 0 aromatic heterocycles. The van der Waals surface area contributed by atoms with Crippen molar-refractivity contribution in [3.63, 3.8) is 0 Å². The molecule has 1 aromatic carbocycles. The summed E-state index contributed by atoms with van der Waals surface area (Å²) in [5.74, 6) is 2.69. The first-order valence-corrected chi connectivity index (χ1v) is 8.57. The van der Waals surface area contributed by atoms with Crippen molar-refractivity contribution in [1.29, 1.82) is 0 Å². The minimum atomic E-state index is 0.441. The van der Waals surface area contributed by atoms with Crippen molar-refractivity contribution in [2.45, 2.75) is 43.1 Å². The number of thioether (sulfide) groups is 2. The first-order valence-electron chi connectivity index (χ1n) is 6.60. The van der Waals surface area contributed by atoms with E-state index in [2.05, 4.69) is 60.8 Å². The number of rotatable bonds is 3. The summed E-state index contributed by atoms with van der Waals surface area (Å²) >= 11 is 4.36. The third-order valence-electron chi connectivity index (χ3n) is 3.31. The van der Waals surface area contributed by atoms with Gasteiger partial charge in [0.05, 0.1) is 4.08 Å². The standard InChI is InChI=1S/C15H22S2/c1-15(16-12-6-3-7-13-17-15)11-10-14-8-4-2-5-9-14/h2,4-5,8-9H,3,6-7,10-13H2,1H3. The van der Waals surface area contributed by atoms with Gasteiger partial charge in [0.2, 0.25) is 0 Å². The summed E-state index contributed by atoms with van der Waals surface area (Å²) in [7, 11) is 0. The summed E-state index contributed by atoms with van der Waals surface area (Å²) < 4.78 is 0.441. The van der Waals surface area contributed by atoms with Gasteiger partial charge in [-0.2, -0.15) is 0 Å². The molecule has 0 spiro atoms. The van der Waals surface area contributed by atoms with Crippen LogP contribution in [-0.2, 0) is 6.42 Å². The Labute approximate surface area is 114 Å². The average Bonchev–Trinajstić information content (AvgIpc) is 2.34. The summed E-state index contributed by atoms with van der Waals surface area (Å²) in [5, 5.41) is 0. The van der Waals surface area contributed by atoms with Gasteiger partial charge in [-0.1, -0.05) is 36.8 Å². The molecule has 1 aliphatic heterocycles. The molecule has 1 heterocycles. The predicted molar refractivity (Wildman–Crippen MR) is 81.9 cm³/mol. The van der Waals surface area contributed by atoms with Crippen LogP contribution in [0.25, 0.3) is 0 Å². The highest BCUT2D eigenvalue weighted by molar-refractivity contribution is 8.18. The maximum absolute atomic E-state index is 2.44. The Morgan fingerprint density at radius 1 is 1.00 bits per heavy atom. The lowest BCUT2D eigenvalue weighted by atomic mass is 10.1. The van der Waals surface area contributed by atoms with Gasteiger partial charge >= 0.3 is 0 Å². The lowest BCUT2D eigenvalue weighted by Gasteiger charge is -2.30. The zero-order valence-corrected chi connectivity index (χ0v) is 12.3. The van der Waals surface area contributed by atoms with Crippen molar-refractivity contribution in [2.24, 2.45) is 0 Å². The van der Waals surface area contributed by atoms with E-state index < -0.39 is 0 Å². The molecule has 17 heavy (non-hydrogen) atoms. The first kappa shape index (κ1) is 13.4. The van der Waals surface area contributed by atoms with E-state index in [4.69, 9.17) is 0 Å². The summed E-state index contributed by atoms with van der Waals surface area (Å²) in [5.41, 5.74) is 1.48. The molecule has 0 N–H and O–H groups in total. The fourth-order valence-corrected chi connectivity index (χ4v) is 5.05. The van der Waals surface area contributed by atoms with E-state index in [1.54, 1.807) is 0 Å². The van der Waals surface area contributed by atoms with Gasteiger partial charge in [-0.05, 0) is 49.7 Å². The molecule has 0 radical (unpaired) electrons. The summed E-state index contributed by atoms with van der Waals surface area (Å²) in [4.78, 5) is 0. The predicted octanol–water partition coefficient (Wildman–Crippen LogP) is 4.99. The Morgan fingerprint density at radius 3 is 2.29 bits per heavy atom. The summed E-state index contributed by atoms with van der Waals surface area (Å²) in [6.07, 6.45) is 6.76. The monoisotopic (exact) mass is 266 g/mol. The molecule has 0 unspecified atom stereocenters. The van der Waals surface area contributed by atoms with Crippen molar-refractivity contribution in [3.05, 3.63) is 35.9 Å². The third-order valence-corrected chi connectivity index (χ3v) is 6.64. The largest absolute Gasteiger partial charge is 0.144 e. The minimum Gasteiger partial charge on any atom is -0.144 e. The van der Waals surface area contributed by atoms with Gasteiger partial charge in [-0.15, -0.1) is 23.5 Å². The minimum absolute atomic E-state index is 0.441. The maximum atomic E-state index is 2.44. The summed E-state index contributed by atoms with van der Waals surface area (Å²) in [6.45, 7) is 2.44. The zero-order valence-electron chi connectivity index (χ0n) is 10.7. The Hall–Kier alpha value is -0.0800. The van der Waals surface area contributed by atoms with Crippen LogP contribution < -0.4 is 0 Å². The van der Waals surface area contributed by atoms with E-state index in [1.807, 2.05) is 0 Å². The van der Waals surface area contributed by atoms with Gasteiger partial charge in [0.25, 0.3) is 0 Å². The molecule has 94 valence electrons. The quantitative estimate of drug-likeness (QED) is 0.756. The smallest absolute Gasteiger partial charge is 0.0586 e. The van der Waals surface area contributed by atoms with Crippen molar-refractivity contribution in [3.8, 4) is 0 Å². The van der Waals surface area contributed by atoms with Crippen molar-refractivity contribution in [2.75, 3.05) is 11.5 Å². The van der Waals surface area contributed by atoms with Gasteiger partial charge < -0.3 is 0 Å². The molecule has 2 heteroatoms. The molecule has 0 nitrogen and oxygen atoms in total. The molecule has 0 aliphatic carbocycles. The molecule has 0 bridgehead atoms. The molecule has 1 aliphatic rings. The molecule has 0 amide bonds. The molecule has 1 fully saturated rings. The van der Waals surface area contributed by atoms with E-state index >= 15 is 0 Å². The number of aryl methyl sites for hydroxylation is 1. The fourth-order valence-electron chi connectivity index (χ4n) is 2.16. The van der Waals surface area contributed by atoms with Crippen LogP contribution in [0.2, 0.25) is 0 Å². The lowest BCUT2D eigenvalue weighted by molar-refractivity contribution is 0.735. The number of hydrogen-bond donors (Lipinski definition) is 0.